The molecule has 11 heteroatoms. The van der Waals surface area contributed by atoms with Gasteiger partial charge in [0, 0.05) is 12.5 Å². The minimum Gasteiger partial charge on any atom is -0.433 e. The van der Waals surface area contributed by atoms with Crippen molar-refractivity contribution in [3.05, 3.63) is 96.1 Å². The number of benzene rings is 3. The first kappa shape index (κ1) is 28.5. The lowest BCUT2D eigenvalue weighted by atomic mass is 10.1. The zero-order valence-corrected chi connectivity index (χ0v) is 22.9. The van der Waals surface area contributed by atoms with Crippen molar-refractivity contribution in [2.45, 2.75) is 38.3 Å². The number of cyclic esters (lactones) is 1. The number of carbonyl (C=O) groups excluding carboxylic acids is 5. The number of esters is 1. The molecule has 3 aromatic rings. The largest absolute Gasteiger partial charge is 0.433 e. The van der Waals surface area contributed by atoms with E-state index in [0.29, 0.717) is 16.9 Å². The monoisotopic (exact) mass is 570 g/mol. The number of hydrogen-bond donors (Lipinski definition) is 2. The molecule has 0 aliphatic carbocycles. The van der Waals surface area contributed by atoms with Gasteiger partial charge in [0.25, 0.3) is 11.8 Å². The van der Waals surface area contributed by atoms with E-state index in [1.54, 1.807) is 54.6 Å². The maximum absolute atomic E-state index is 13.9. The average molecular weight is 571 g/mol. The molecule has 3 atom stereocenters. The summed E-state index contributed by atoms with van der Waals surface area (Å²) in [4.78, 5) is 67.6. The molecule has 11 nitrogen and oxygen atoms in total. The normalized spacial score (nSPS) is 19.9. The summed E-state index contributed by atoms with van der Waals surface area (Å²) in [6, 6.07) is 22.5. The fraction of sp³-hybridized carbons (Fsp3) is 0.258. The lowest BCUT2D eigenvalue weighted by molar-refractivity contribution is -0.168. The van der Waals surface area contributed by atoms with Crippen molar-refractivity contribution in [1.29, 1.82) is 0 Å². The summed E-state index contributed by atoms with van der Waals surface area (Å²) in [7, 11) is 0. The maximum Gasteiger partial charge on any atom is 0.310 e. The Labute approximate surface area is 242 Å². The van der Waals surface area contributed by atoms with Crippen molar-refractivity contribution in [2.24, 2.45) is 0 Å². The van der Waals surface area contributed by atoms with E-state index in [9.17, 15) is 24.0 Å². The van der Waals surface area contributed by atoms with Crippen molar-refractivity contribution < 1.29 is 33.4 Å². The van der Waals surface area contributed by atoms with Gasteiger partial charge in [0.2, 0.25) is 18.1 Å². The predicted molar refractivity (Wildman–Crippen MR) is 152 cm³/mol. The quantitative estimate of drug-likeness (QED) is 0.397. The SMILES string of the molecule is CC(=O)N1C[C@H](NC(=O)c2ccccc2)C(=O)N(CC(=O)NC2CC(=O)OC2OCc2ccccc2)c2ccccc21. The van der Waals surface area contributed by atoms with E-state index in [0.717, 1.165) is 5.56 Å². The third-order valence-electron chi connectivity index (χ3n) is 6.98. The van der Waals surface area contributed by atoms with Gasteiger partial charge in [-0.1, -0.05) is 60.7 Å². The third-order valence-corrected chi connectivity index (χ3v) is 6.98. The topological polar surface area (TPSA) is 134 Å². The molecule has 42 heavy (non-hydrogen) atoms. The molecule has 3 aromatic carbocycles. The van der Waals surface area contributed by atoms with Crippen LogP contribution in [0.25, 0.3) is 0 Å². The van der Waals surface area contributed by atoms with E-state index < -0.39 is 48.6 Å². The van der Waals surface area contributed by atoms with Crippen LogP contribution in [-0.2, 0) is 35.3 Å². The standard InChI is InChI=1S/C31H30N4O7/c1-20(36)34-17-24(33-29(39)22-12-6-3-7-13-22)30(40)35(26-15-9-8-14-25(26)34)18-27(37)32-23-16-28(38)42-31(23)41-19-21-10-4-2-5-11-21/h2-15,23-24,31H,16-19H2,1H3,(H,32,37)(H,33,39)/t23?,24-,31?/m0/s1. The summed E-state index contributed by atoms with van der Waals surface area (Å²) in [6.45, 7) is 0.983. The number of carbonyl (C=O) groups is 5. The molecule has 1 fully saturated rings. The van der Waals surface area contributed by atoms with Gasteiger partial charge in [0.05, 0.1) is 30.9 Å². The van der Waals surface area contributed by atoms with Crippen molar-refractivity contribution in [1.82, 2.24) is 10.6 Å². The number of amides is 4. The van der Waals surface area contributed by atoms with Gasteiger partial charge in [-0.05, 0) is 29.8 Å². The Morgan fingerprint density at radius 2 is 1.52 bits per heavy atom. The van der Waals surface area contributed by atoms with Crippen LogP contribution in [0.2, 0.25) is 0 Å². The summed E-state index contributed by atoms with van der Waals surface area (Å²) in [5, 5.41) is 5.48. The van der Waals surface area contributed by atoms with Gasteiger partial charge in [-0.2, -0.15) is 0 Å². The second-order valence-electron chi connectivity index (χ2n) is 9.97. The number of ether oxygens (including phenoxy) is 2. The van der Waals surface area contributed by atoms with Crippen molar-refractivity contribution in [3.8, 4) is 0 Å². The van der Waals surface area contributed by atoms with Crippen LogP contribution in [0.5, 0.6) is 0 Å². The second kappa shape index (κ2) is 12.6. The van der Waals surface area contributed by atoms with Crippen LogP contribution in [0.15, 0.2) is 84.9 Å². The van der Waals surface area contributed by atoms with Gasteiger partial charge in [0.1, 0.15) is 18.6 Å². The Morgan fingerprint density at radius 1 is 0.881 bits per heavy atom. The minimum atomic E-state index is -1.14. The molecule has 5 rings (SSSR count). The predicted octanol–water partition coefficient (Wildman–Crippen LogP) is 2.16. The Hall–Kier alpha value is -5.03. The molecule has 0 aromatic heterocycles. The highest BCUT2D eigenvalue weighted by atomic mass is 16.7. The van der Waals surface area contributed by atoms with Crippen LogP contribution in [-0.4, -0.2) is 61.1 Å². The molecule has 216 valence electrons. The molecule has 1 saturated heterocycles. The van der Waals surface area contributed by atoms with Crippen LogP contribution < -0.4 is 20.4 Å². The smallest absolute Gasteiger partial charge is 0.310 e. The van der Waals surface area contributed by atoms with Gasteiger partial charge in [0.15, 0.2) is 0 Å². The maximum atomic E-state index is 13.9. The fourth-order valence-electron chi connectivity index (χ4n) is 4.94. The van der Waals surface area contributed by atoms with Gasteiger partial charge < -0.3 is 25.0 Å². The highest BCUT2D eigenvalue weighted by Gasteiger charge is 2.40. The summed E-state index contributed by atoms with van der Waals surface area (Å²) < 4.78 is 11.1. The number of fused-ring (bicyclic) bond motifs is 1. The van der Waals surface area contributed by atoms with Crippen LogP contribution in [0.1, 0.15) is 29.3 Å². The molecule has 2 N–H and O–H groups in total. The molecule has 2 aliphatic heterocycles. The fourth-order valence-corrected chi connectivity index (χ4v) is 4.94. The number of nitrogens with zero attached hydrogens (tertiary/aromatic N) is 2. The zero-order chi connectivity index (χ0) is 29.6. The Morgan fingerprint density at radius 3 is 2.21 bits per heavy atom. The average Bonchev–Trinajstić information content (AvgIpc) is 3.30. The lowest BCUT2D eigenvalue weighted by Gasteiger charge is -2.26. The first-order valence-electron chi connectivity index (χ1n) is 13.5. The molecule has 2 aliphatic rings. The number of rotatable bonds is 8. The molecule has 2 heterocycles. The molecular weight excluding hydrogens is 540 g/mol. The summed E-state index contributed by atoms with van der Waals surface area (Å²) in [6.07, 6.45) is -1.09. The van der Waals surface area contributed by atoms with Crippen molar-refractivity contribution in [2.75, 3.05) is 22.9 Å². The number of anilines is 2. The lowest BCUT2D eigenvalue weighted by Crippen LogP contribution is -2.55. The summed E-state index contributed by atoms with van der Waals surface area (Å²) in [5.41, 5.74) is 1.97. The molecule has 2 unspecified atom stereocenters. The third kappa shape index (κ3) is 6.47. The number of nitrogens with one attached hydrogen (secondary N) is 2. The Balaban J connectivity index is 1.35. The van der Waals surface area contributed by atoms with Crippen LogP contribution >= 0.6 is 0 Å². The first-order chi connectivity index (χ1) is 20.3. The highest BCUT2D eigenvalue weighted by molar-refractivity contribution is 6.10. The van der Waals surface area contributed by atoms with Crippen LogP contribution in [0, 0.1) is 0 Å². The van der Waals surface area contributed by atoms with Gasteiger partial charge >= 0.3 is 5.97 Å². The Bertz CT molecular complexity index is 1480. The summed E-state index contributed by atoms with van der Waals surface area (Å²) >= 11 is 0. The highest BCUT2D eigenvalue weighted by Crippen LogP contribution is 2.33. The first-order valence-corrected chi connectivity index (χ1v) is 13.5. The van der Waals surface area contributed by atoms with E-state index >= 15 is 0 Å². The van der Waals surface area contributed by atoms with Crippen molar-refractivity contribution in [3.63, 3.8) is 0 Å². The van der Waals surface area contributed by atoms with Crippen LogP contribution in [0.4, 0.5) is 11.4 Å². The molecule has 0 spiro atoms. The Kier molecular flexibility index (Phi) is 8.58. The van der Waals surface area contributed by atoms with Gasteiger partial charge in [-0.15, -0.1) is 0 Å². The van der Waals surface area contributed by atoms with Gasteiger partial charge in [-0.25, -0.2) is 0 Å². The van der Waals surface area contributed by atoms with E-state index in [-0.39, 0.29) is 25.5 Å². The van der Waals surface area contributed by atoms with E-state index in [1.807, 2.05) is 30.3 Å². The van der Waals surface area contributed by atoms with E-state index in [2.05, 4.69) is 10.6 Å². The van der Waals surface area contributed by atoms with E-state index in [1.165, 1.54) is 16.7 Å². The molecule has 0 bridgehead atoms. The van der Waals surface area contributed by atoms with Crippen molar-refractivity contribution >= 4 is 41.0 Å². The van der Waals surface area contributed by atoms with E-state index in [4.69, 9.17) is 9.47 Å². The number of hydrogen-bond acceptors (Lipinski definition) is 7. The molecular formula is C31H30N4O7. The van der Waals surface area contributed by atoms with Gasteiger partial charge in [-0.3, -0.25) is 28.9 Å². The second-order valence-corrected chi connectivity index (χ2v) is 9.97. The minimum absolute atomic E-state index is 0.0936. The zero-order valence-electron chi connectivity index (χ0n) is 22.9. The molecule has 4 amide bonds. The van der Waals surface area contributed by atoms with Crippen LogP contribution in [0.3, 0.4) is 0 Å². The number of para-hydroxylation sites is 2. The molecule has 0 saturated carbocycles. The molecule has 0 radical (unpaired) electrons. The summed E-state index contributed by atoms with van der Waals surface area (Å²) in [5.74, 6) is -2.48.